The molecule has 0 spiro atoms. The van der Waals surface area contributed by atoms with E-state index in [1.54, 1.807) is 0 Å². The summed E-state index contributed by atoms with van der Waals surface area (Å²) >= 11 is 7.39. The number of hydrogen-bond donors (Lipinski definition) is 7. The maximum absolute atomic E-state index is 8.59. The Balaban J connectivity index is -0.000000560. The van der Waals surface area contributed by atoms with Crippen LogP contribution in [-0.4, -0.2) is 149 Å². The molecular formula is C33H73I3N9O2V. The molecule has 0 bridgehead atoms. The van der Waals surface area contributed by atoms with Crippen LogP contribution in [0.1, 0.15) is 41.0 Å². The molecule has 0 radical (unpaired) electrons. The van der Waals surface area contributed by atoms with E-state index in [0.717, 1.165) is 61.3 Å². The molecule has 288 valence electrons. The molecule has 4 rings (SSSR count). The molecule has 0 aromatic rings. The van der Waals surface area contributed by atoms with Gasteiger partial charge in [-0.2, -0.15) is 0 Å². The molecule has 11 nitrogen and oxygen atoms in total. The molecule has 3 unspecified atom stereocenters. The van der Waals surface area contributed by atoms with Gasteiger partial charge in [-0.05, 0) is 84.7 Å². The fourth-order valence-electron chi connectivity index (χ4n) is 5.51. The number of nitrogens with two attached hydrogens (primary N) is 1. The van der Waals surface area contributed by atoms with E-state index in [1.807, 2.05) is 6.92 Å². The molecule has 48 heavy (non-hydrogen) atoms. The van der Waals surface area contributed by atoms with Gasteiger partial charge in [0.2, 0.25) is 0 Å². The van der Waals surface area contributed by atoms with Gasteiger partial charge in [-0.25, -0.2) is 0 Å². The van der Waals surface area contributed by atoms with Crippen LogP contribution in [-0.2, 0) is 4.92 Å². The average Bonchev–Trinajstić information content (AvgIpc) is 3.81. The Bertz CT molecular complexity index is 816. The Morgan fingerprint density at radius 2 is 1.27 bits per heavy atom. The quantitative estimate of drug-likeness (QED) is 0.145. The molecule has 0 aromatic carbocycles. The van der Waals surface area contributed by atoms with Crippen molar-refractivity contribution in [1.29, 1.82) is 0 Å². The first-order valence-corrected chi connectivity index (χ1v) is 29.8. The summed E-state index contributed by atoms with van der Waals surface area (Å²) in [6.45, 7) is 27.7. The van der Waals surface area contributed by atoms with E-state index in [4.69, 9.17) is 15.9 Å². The third-order valence-electron chi connectivity index (χ3n) is 7.91. The van der Waals surface area contributed by atoms with Crippen LogP contribution in [0.25, 0.3) is 0 Å². The van der Waals surface area contributed by atoms with E-state index in [0.29, 0.717) is 13.1 Å². The number of likely N-dealkylation sites (tertiary alicyclic amines) is 3. The van der Waals surface area contributed by atoms with E-state index < -0.39 is 0 Å². The summed E-state index contributed by atoms with van der Waals surface area (Å²) in [4.78, 5) is 9.24. The number of rotatable bonds is 12. The molecule has 15 heteroatoms. The number of halogens is 3. The minimum atomic E-state index is -0.278. The van der Waals surface area contributed by atoms with Crippen LogP contribution in [0.5, 0.6) is 0 Å². The van der Waals surface area contributed by atoms with E-state index in [-0.39, 0.29) is 33.0 Å². The Morgan fingerprint density at radius 1 is 0.833 bits per heavy atom. The van der Waals surface area contributed by atoms with Crippen LogP contribution in [0.15, 0.2) is 37.1 Å². The zero-order valence-corrected chi connectivity index (χ0v) is 36.8. The van der Waals surface area contributed by atoms with Crippen LogP contribution < -0.4 is 27.0 Å². The van der Waals surface area contributed by atoms with Gasteiger partial charge in [0.25, 0.3) is 0 Å². The molecule has 0 aliphatic carbocycles. The second kappa shape index (κ2) is 33.6. The predicted molar refractivity (Wildman–Crippen MR) is 232 cm³/mol. The average molecular weight is 1060 g/mol. The number of nitrogens with one attached hydrogen (secondary N) is 4. The van der Waals surface area contributed by atoms with Crippen molar-refractivity contribution in [2.24, 2.45) is 23.5 Å². The van der Waals surface area contributed by atoms with Crippen molar-refractivity contribution in [3.8, 4) is 0 Å². The molecule has 4 aliphatic rings. The van der Waals surface area contributed by atoms with Gasteiger partial charge in [0.1, 0.15) is 0 Å². The first-order chi connectivity index (χ1) is 21.8. The third-order valence-corrected chi connectivity index (χ3v) is 7.91. The number of aliphatic hydroxyl groups is 2. The second-order valence-corrected chi connectivity index (χ2v) is 47.8. The number of nitrogens with zero attached hydrogens (tertiary/aromatic N) is 4. The van der Waals surface area contributed by atoms with Gasteiger partial charge in [0.15, 0.2) is 0 Å². The van der Waals surface area contributed by atoms with E-state index >= 15 is 0 Å². The van der Waals surface area contributed by atoms with Crippen LogP contribution >= 0.6 is 59.9 Å². The van der Waals surface area contributed by atoms with Crippen molar-refractivity contribution in [1.82, 2.24) is 40.9 Å². The summed E-state index contributed by atoms with van der Waals surface area (Å²) in [7, 11) is 6.54. The van der Waals surface area contributed by atoms with Crippen LogP contribution in [0.3, 0.4) is 0 Å². The van der Waals surface area contributed by atoms with Crippen molar-refractivity contribution in [3.05, 3.63) is 37.1 Å². The Kier molecular flexibility index (Phi) is 37.2. The van der Waals surface area contributed by atoms with Gasteiger partial charge in [-0.3, -0.25) is 0 Å². The van der Waals surface area contributed by atoms with Gasteiger partial charge in [-0.15, -0.1) is 0 Å². The summed E-state index contributed by atoms with van der Waals surface area (Å²) in [5, 5.41) is 29.1. The molecule has 0 aromatic heterocycles. The summed E-state index contributed by atoms with van der Waals surface area (Å²) in [6.07, 6.45) is 3.94. The summed E-state index contributed by atoms with van der Waals surface area (Å²) in [5.74, 6) is 4.34. The Morgan fingerprint density at radius 3 is 1.60 bits per heavy atom. The summed E-state index contributed by atoms with van der Waals surface area (Å²) in [5.41, 5.74) is 5.86. The maximum atomic E-state index is 8.59. The first kappa shape index (κ1) is 53.1. The third kappa shape index (κ3) is 30.4. The van der Waals surface area contributed by atoms with Crippen molar-refractivity contribution in [2.45, 2.75) is 41.0 Å². The normalized spacial score (nSPS) is 21.8. The van der Waals surface area contributed by atoms with Gasteiger partial charge in [-0.1, -0.05) is 34.6 Å². The van der Waals surface area contributed by atoms with Gasteiger partial charge < -0.3 is 56.8 Å². The standard InChI is InChI=1S/C10H21N3O.C10H19N3.C9H18N2.C2H7NO.2CH4.3HI.V/c1-9(11-4-6-14)12-7-10-3-5-13(2)8-10;1-9-11-4-6-13(9)8-10-3-5-12(2)7-10;1-8(2)10-6-9-4-5-11(3)7-9;3-1-2-4;;;;;;/h10-12,14H,1,3-8H2,2H3;10-11H,1,3-8H2,2H3;9-10H,1,4-7H2,2-3H3;4H,1-3H2;2*1H4;3*1H;/q;;;;;;;;;+3/p-3. The molecule has 3 atom stereocenters. The second-order valence-electron chi connectivity index (χ2n) is 12.4. The van der Waals surface area contributed by atoms with Crippen molar-refractivity contribution >= 4 is 59.9 Å². The number of hydrogen-bond acceptors (Lipinski definition) is 11. The van der Waals surface area contributed by atoms with Gasteiger partial charge >= 0.3 is 64.9 Å². The van der Waals surface area contributed by atoms with Crippen molar-refractivity contribution in [2.75, 3.05) is 119 Å². The molecule has 4 saturated heterocycles. The number of aliphatic hydroxyl groups excluding tert-OH is 2. The zero-order chi connectivity index (χ0) is 34.9. The molecule has 8 N–H and O–H groups in total. The van der Waals surface area contributed by atoms with E-state index in [9.17, 15) is 0 Å². The summed E-state index contributed by atoms with van der Waals surface area (Å²) in [6, 6.07) is 0. The van der Waals surface area contributed by atoms with Crippen LogP contribution in [0.2, 0.25) is 0 Å². The molecular weight excluding hydrogens is 986 g/mol. The Labute approximate surface area is 333 Å². The van der Waals surface area contributed by atoms with Crippen LogP contribution in [0, 0.1) is 17.8 Å². The Hall–Kier alpha value is 0.754. The zero-order valence-electron chi connectivity index (χ0n) is 28.9. The SMILES string of the molecule is C.C.C=C(C)NCC1CCN(C)C1.C=C(NCCO)NCC1CCN(C)C1.C=C1NCCN1CC1CCN(C)C1.NCCO.[I][V]([I])[I]. The van der Waals surface area contributed by atoms with Crippen LogP contribution in [0.4, 0.5) is 0 Å². The first-order valence-electron chi connectivity index (χ1n) is 16.3. The predicted octanol–water partition coefficient (Wildman–Crippen LogP) is 3.82. The van der Waals surface area contributed by atoms with Gasteiger partial charge in [0.05, 0.1) is 24.9 Å². The molecule has 4 heterocycles. The molecule has 0 saturated carbocycles. The number of allylic oxidation sites excluding steroid dienone is 1. The topological polar surface area (TPSA) is 128 Å². The van der Waals surface area contributed by atoms with E-state index in [1.165, 1.54) is 65.1 Å². The van der Waals surface area contributed by atoms with Gasteiger partial charge in [0, 0.05) is 71.1 Å². The summed E-state index contributed by atoms with van der Waals surface area (Å²) < 4.78 is 0. The van der Waals surface area contributed by atoms with Crippen molar-refractivity contribution in [3.63, 3.8) is 0 Å². The van der Waals surface area contributed by atoms with E-state index in [2.05, 4.69) is 142 Å². The minimum absolute atomic E-state index is 0. The molecule has 4 aliphatic heterocycles. The molecule has 4 fully saturated rings. The fraction of sp³-hybridized carbons (Fsp3) is 0.818. The fourth-order valence-corrected chi connectivity index (χ4v) is 5.51. The van der Waals surface area contributed by atoms with Crippen molar-refractivity contribution < 1.29 is 15.1 Å². The molecule has 0 amide bonds. The monoisotopic (exact) mass is 1060 g/mol.